The molecule has 1 atom stereocenters. The monoisotopic (exact) mass is 404 g/mol. The van der Waals surface area contributed by atoms with E-state index in [-0.39, 0.29) is 23.0 Å². The molecule has 4 rings (SSSR count). The summed E-state index contributed by atoms with van der Waals surface area (Å²) in [5.41, 5.74) is 2.11. The van der Waals surface area contributed by atoms with Crippen LogP contribution in [0.4, 0.5) is 0 Å². The fourth-order valence-corrected chi connectivity index (χ4v) is 4.11. The molecule has 2 aromatic heterocycles. The van der Waals surface area contributed by atoms with Crippen molar-refractivity contribution >= 4 is 28.3 Å². The van der Waals surface area contributed by atoms with Gasteiger partial charge in [0.15, 0.2) is 10.9 Å². The first-order valence-corrected chi connectivity index (χ1v) is 10.1. The molecule has 2 heterocycles. The molecular formula is C22H20N4O2S. The summed E-state index contributed by atoms with van der Waals surface area (Å²) in [5, 5.41) is 10.4. The Morgan fingerprint density at radius 3 is 2.79 bits per heavy atom. The molecule has 0 fully saturated rings. The van der Waals surface area contributed by atoms with Gasteiger partial charge in [-0.3, -0.25) is 9.59 Å². The van der Waals surface area contributed by atoms with Crippen LogP contribution in [0.1, 0.15) is 33.8 Å². The number of aromatic nitrogens is 4. The van der Waals surface area contributed by atoms with Crippen LogP contribution in [0, 0.1) is 0 Å². The quantitative estimate of drug-likeness (QED) is 0.389. The summed E-state index contributed by atoms with van der Waals surface area (Å²) in [6.07, 6.45) is 1.90. The van der Waals surface area contributed by atoms with Gasteiger partial charge in [0.2, 0.25) is 0 Å². The summed E-state index contributed by atoms with van der Waals surface area (Å²) in [6.45, 7) is 2.10. The van der Waals surface area contributed by atoms with Gasteiger partial charge in [0, 0.05) is 24.1 Å². The number of rotatable bonds is 6. The molecule has 0 saturated heterocycles. The molecule has 1 unspecified atom stereocenters. The van der Waals surface area contributed by atoms with E-state index in [0.717, 1.165) is 21.7 Å². The number of hydrogen-bond acceptors (Lipinski definition) is 5. The first-order valence-electron chi connectivity index (χ1n) is 9.26. The van der Waals surface area contributed by atoms with E-state index in [4.69, 9.17) is 0 Å². The minimum atomic E-state index is -0.242. The van der Waals surface area contributed by atoms with Crippen molar-refractivity contribution in [1.29, 1.82) is 0 Å². The van der Waals surface area contributed by atoms with E-state index in [0.29, 0.717) is 11.1 Å². The van der Waals surface area contributed by atoms with Crippen LogP contribution in [0.2, 0.25) is 0 Å². The Balaban J connectivity index is 1.54. The molecule has 0 bridgehead atoms. The van der Waals surface area contributed by atoms with Gasteiger partial charge in [0.05, 0.1) is 5.69 Å². The molecule has 0 aliphatic heterocycles. The highest BCUT2D eigenvalue weighted by Crippen LogP contribution is 2.33. The topological polar surface area (TPSA) is 80.6 Å². The van der Waals surface area contributed by atoms with Gasteiger partial charge in [-0.2, -0.15) is 0 Å². The Bertz CT molecular complexity index is 1240. The second-order valence-corrected chi connectivity index (χ2v) is 8.24. The maximum atomic E-state index is 12.8. The minimum Gasteiger partial charge on any atom is -0.319 e. The van der Waals surface area contributed by atoms with Crippen molar-refractivity contribution in [1.82, 2.24) is 19.7 Å². The third-order valence-corrected chi connectivity index (χ3v) is 6.00. The lowest BCUT2D eigenvalue weighted by Gasteiger charge is -2.12. The SMILES string of the molecule is CC(Sc1nncn1C)c1cccc(CC(=O)c2cc3ccccc3c(=O)[nH]2)c1. The highest BCUT2D eigenvalue weighted by atomic mass is 32.2. The van der Waals surface area contributed by atoms with Crippen molar-refractivity contribution in [2.24, 2.45) is 7.05 Å². The Hall–Kier alpha value is -3.19. The molecule has 0 spiro atoms. The summed E-state index contributed by atoms with van der Waals surface area (Å²) in [6, 6.07) is 17.0. The average molecular weight is 404 g/mol. The van der Waals surface area contributed by atoms with E-state index in [1.54, 1.807) is 30.2 Å². The number of ketones is 1. The van der Waals surface area contributed by atoms with Crippen LogP contribution < -0.4 is 5.56 Å². The number of aryl methyl sites for hydroxylation is 1. The summed E-state index contributed by atoms with van der Waals surface area (Å²) in [5.74, 6) is -0.112. The van der Waals surface area contributed by atoms with E-state index in [1.165, 1.54) is 0 Å². The summed E-state index contributed by atoms with van der Waals surface area (Å²) < 4.78 is 1.88. The molecule has 0 radical (unpaired) electrons. The van der Waals surface area contributed by atoms with E-state index >= 15 is 0 Å². The van der Waals surface area contributed by atoms with E-state index in [2.05, 4.69) is 22.1 Å². The normalized spacial score (nSPS) is 12.2. The van der Waals surface area contributed by atoms with Gasteiger partial charge in [-0.05, 0) is 35.6 Å². The Morgan fingerprint density at radius 2 is 2.00 bits per heavy atom. The zero-order chi connectivity index (χ0) is 20.4. The van der Waals surface area contributed by atoms with E-state index in [1.807, 2.05) is 54.1 Å². The number of aromatic amines is 1. The molecule has 0 saturated carbocycles. The molecule has 7 heteroatoms. The number of thioether (sulfide) groups is 1. The van der Waals surface area contributed by atoms with Crippen LogP contribution in [0.15, 0.2) is 70.9 Å². The summed E-state index contributed by atoms with van der Waals surface area (Å²) in [4.78, 5) is 27.8. The maximum Gasteiger partial charge on any atom is 0.256 e. The highest BCUT2D eigenvalue weighted by Gasteiger charge is 2.14. The number of nitrogens with one attached hydrogen (secondary N) is 1. The third kappa shape index (κ3) is 4.14. The van der Waals surface area contributed by atoms with E-state index in [9.17, 15) is 9.59 Å². The maximum absolute atomic E-state index is 12.8. The number of pyridine rings is 1. The van der Waals surface area contributed by atoms with Crippen LogP contribution in [0.25, 0.3) is 10.8 Å². The number of carbonyl (C=O) groups excluding carboxylic acids is 1. The van der Waals surface area contributed by atoms with Crippen molar-refractivity contribution in [3.05, 3.63) is 88.1 Å². The van der Waals surface area contributed by atoms with Gasteiger partial charge in [0.25, 0.3) is 5.56 Å². The number of hydrogen-bond donors (Lipinski definition) is 1. The Morgan fingerprint density at radius 1 is 1.17 bits per heavy atom. The molecule has 4 aromatic rings. The molecule has 0 aliphatic carbocycles. The fourth-order valence-electron chi connectivity index (χ4n) is 3.20. The first-order chi connectivity index (χ1) is 14.0. The average Bonchev–Trinajstić information content (AvgIpc) is 3.12. The zero-order valence-corrected chi connectivity index (χ0v) is 16.9. The second-order valence-electron chi connectivity index (χ2n) is 6.93. The lowest BCUT2D eigenvalue weighted by atomic mass is 10.0. The third-order valence-electron chi connectivity index (χ3n) is 4.79. The number of Topliss-reactive ketones (excluding diaryl/α,β-unsaturated/α-hetero) is 1. The van der Waals surface area contributed by atoms with Gasteiger partial charge in [-0.25, -0.2) is 0 Å². The molecule has 0 aliphatic rings. The van der Waals surface area contributed by atoms with Crippen molar-refractivity contribution < 1.29 is 4.79 Å². The molecule has 29 heavy (non-hydrogen) atoms. The summed E-state index contributed by atoms with van der Waals surface area (Å²) in [7, 11) is 1.91. The molecule has 146 valence electrons. The molecule has 6 nitrogen and oxygen atoms in total. The van der Waals surface area contributed by atoms with Crippen molar-refractivity contribution in [3.63, 3.8) is 0 Å². The predicted octanol–water partition coefficient (Wildman–Crippen LogP) is 3.94. The highest BCUT2D eigenvalue weighted by molar-refractivity contribution is 7.99. The van der Waals surface area contributed by atoms with Gasteiger partial charge in [0.1, 0.15) is 6.33 Å². The predicted molar refractivity (Wildman–Crippen MR) is 114 cm³/mol. The van der Waals surface area contributed by atoms with Gasteiger partial charge < -0.3 is 9.55 Å². The molecule has 0 amide bonds. The smallest absolute Gasteiger partial charge is 0.256 e. The number of benzene rings is 2. The fraction of sp³-hybridized carbons (Fsp3) is 0.182. The molecular weight excluding hydrogens is 384 g/mol. The van der Waals surface area contributed by atoms with Gasteiger partial charge in [-0.15, -0.1) is 10.2 Å². The lowest BCUT2D eigenvalue weighted by Crippen LogP contribution is -2.14. The van der Waals surface area contributed by atoms with E-state index < -0.39 is 0 Å². The number of carbonyl (C=O) groups is 1. The van der Waals surface area contributed by atoms with Crippen LogP contribution in [-0.4, -0.2) is 25.5 Å². The van der Waals surface area contributed by atoms with Crippen molar-refractivity contribution in [2.75, 3.05) is 0 Å². The number of H-pyrrole nitrogens is 1. The van der Waals surface area contributed by atoms with Gasteiger partial charge in [-0.1, -0.05) is 54.2 Å². The van der Waals surface area contributed by atoms with Crippen LogP contribution in [0.3, 0.4) is 0 Å². The molecule has 2 aromatic carbocycles. The Kier molecular flexibility index (Phi) is 5.31. The van der Waals surface area contributed by atoms with Gasteiger partial charge >= 0.3 is 0 Å². The first kappa shape index (κ1) is 19.1. The minimum absolute atomic E-state index is 0.112. The standard InChI is InChI=1S/C22H20N4O2S/c1-14(29-22-25-23-13-26(22)2)16-8-5-6-15(10-16)11-20(27)19-12-17-7-3-4-9-18(17)21(28)24-19/h3-10,12-14H,11H2,1-2H3,(H,24,28). The summed E-state index contributed by atoms with van der Waals surface area (Å²) >= 11 is 1.61. The number of fused-ring (bicyclic) bond motifs is 1. The van der Waals surface area contributed by atoms with Crippen LogP contribution in [0.5, 0.6) is 0 Å². The lowest BCUT2D eigenvalue weighted by molar-refractivity contribution is 0.0988. The number of nitrogens with zero attached hydrogens (tertiary/aromatic N) is 3. The second kappa shape index (κ2) is 8.05. The van der Waals surface area contributed by atoms with Crippen LogP contribution >= 0.6 is 11.8 Å². The Labute approximate surface area is 172 Å². The zero-order valence-electron chi connectivity index (χ0n) is 16.1. The van der Waals surface area contributed by atoms with Crippen LogP contribution in [-0.2, 0) is 13.5 Å². The van der Waals surface area contributed by atoms with Crippen molar-refractivity contribution in [3.8, 4) is 0 Å². The van der Waals surface area contributed by atoms with Crippen molar-refractivity contribution in [2.45, 2.75) is 23.8 Å². The largest absolute Gasteiger partial charge is 0.319 e. The molecule has 1 N–H and O–H groups in total.